The van der Waals surface area contributed by atoms with Crippen molar-refractivity contribution in [2.45, 2.75) is 26.9 Å². The summed E-state index contributed by atoms with van der Waals surface area (Å²) in [6.07, 6.45) is -1.09. The molecule has 1 aromatic heterocycles. The monoisotopic (exact) mass is 367 g/mol. The van der Waals surface area contributed by atoms with Crippen LogP contribution in [0.15, 0.2) is 5.16 Å². The number of carbonyl (C=O) groups is 1. The number of nitrogens with zero attached hydrogens (tertiary/aromatic N) is 2. The molecule has 0 aliphatic rings. The van der Waals surface area contributed by atoms with Crippen molar-refractivity contribution in [1.29, 1.82) is 0 Å². The molecule has 0 saturated carbocycles. The van der Waals surface area contributed by atoms with Crippen molar-refractivity contribution in [3.8, 4) is 5.88 Å². The maximum atomic E-state index is 13.4. The van der Waals surface area contributed by atoms with Crippen LogP contribution >= 0.6 is 23.2 Å². The minimum Gasteiger partial charge on any atom is -0.461 e. The molecule has 128 valence electrons. The van der Waals surface area contributed by atoms with Gasteiger partial charge in [0.2, 0.25) is 11.8 Å². The largest absolute Gasteiger partial charge is 0.461 e. The fourth-order valence-electron chi connectivity index (χ4n) is 1.28. The van der Waals surface area contributed by atoms with Crippen molar-refractivity contribution >= 4 is 40.6 Å². The van der Waals surface area contributed by atoms with Crippen LogP contribution in [-0.2, 0) is 14.4 Å². The number of aromatic nitrogens is 1. The van der Waals surface area contributed by atoms with E-state index in [0.29, 0.717) is 0 Å². The first-order valence-corrected chi connectivity index (χ1v) is 7.26. The summed E-state index contributed by atoms with van der Waals surface area (Å²) in [6, 6.07) is 0. The Labute approximate surface area is 142 Å². The number of nitrogen functional groups attached to an aromatic ring is 1. The molecule has 0 aliphatic heterocycles. The second-order valence-electron chi connectivity index (χ2n) is 4.55. The fourth-order valence-corrected chi connectivity index (χ4v) is 1.64. The van der Waals surface area contributed by atoms with Gasteiger partial charge in [-0.05, 0) is 20.8 Å². The second-order valence-corrected chi connectivity index (χ2v) is 5.30. The van der Waals surface area contributed by atoms with Gasteiger partial charge in [-0.15, -0.1) is 0 Å². The summed E-state index contributed by atoms with van der Waals surface area (Å²) < 4.78 is 23.5. The molecule has 0 aliphatic carbocycles. The van der Waals surface area contributed by atoms with Crippen LogP contribution in [0.25, 0.3) is 0 Å². The molecule has 0 aromatic carbocycles. The standard InChI is InChI=1S/C13H16Cl2FN3O4/c1-6(2)19-22-5-4-21-13(20)7(3)23-12-9(15)10(17)8(14)11(16)18-12/h7H,4-5H2,1-3H3,(H2,17,18)/t7-/m1/s1. The minimum atomic E-state index is -1.09. The first kappa shape index (κ1) is 19.2. The van der Waals surface area contributed by atoms with E-state index in [9.17, 15) is 9.18 Å². The molecule has 1 atom stereocenters. The van der Waals surface area contributed by atoms with Crippen LogP contribution in [-0.4, -0.2) is 36.0 Å². The molecule has 1 aromatic rings. The number of esters is 1. The zero-order chi connectivity index (χ0) is 17.6. The van der Waals surface area contributed by atoms with Crippen molar-refractivity contribution in [1.82, 2.24) is 4.98 Å². The number of halogens is 3. The summed E-state index contributed by atoms with van der Waals surface area (Å²) in [5.74, 6) is -2.11. The number of anilines is 1. The molecule has 10 heteroatoms. The van der Waals surface area contributed by atoms with E-state index in [4.69, 9.17) is 43.2 Å². The van der Waals surface area contributed by atoms with Gasteiger partial charge in [-0.1, -0.05) is 28.4 Å². The summed E-state index contributed by atoms with van der Waals surface area (Å²) in [5.41, 5.74) is 6.01. The van der Waals surface area contributed by atoms with Crippen LogP contribution in [0.5, 0.6) is 5.88 Å². The quantitative estimate of drug-likeness (QED) is 0.261. The summed E-state index contributed by atoms with van der Waals surface area (Å²) >= 11 is 11.4. The number of nitrogens with two attached hydrogens (primary N) is 1. The van der Waals surface area contributed by atoms with E-state index in [1.54, 1.807) is 13.8 Å². The van der Waals surface area contributed by atoms with Gasteiger partial charge in [-0.2, -0.15) is 9.37 Å². The van der Waals surface area contributed by atoms with Crippen LogP contribution in [0.4, 0.5) is 10.1 Å². The van der Waals surface area contributed by atoms with Crippen molar-refractivity contribution in [3.63, 3.8) is 0 Å². The normalized spacial score (nSPS) is 11.6. The van der Waals surface area contributed by atoms with Crippen LogP contribution in [0.1, 0.15) is 20.8 Å². The number of oxime groups is 1. The van der Waals surface area contributed by atoms with Gasteiger partial charge in [0.15, 0.2) is 12.7 Å². The molecule has 2 N–H and O–H groups in total. The summed E-state index contributed by atoms with van der Waals surface area (Å²) in [4.78, 5) is 20.0. The topological polar surface area (TPSA) is 96.0 Å². The predicted molar refractivity (Wildman–Crippen MR) is 84.4 cm³/mol. The Morgan fingerprint density at radius 2 is 2.00 bits per heavy atom. The van der Waals surface area contributed by atoms with Crippen LogP contribution in [0, 0.1) is 5.95 Å². The Hall–Kier alpha value is -1.80. The van der Waals surface area contributed by atoms with Gasteiger partial charge in [0.25, 0.3) is 0 Å². The van der Waals surface area contributed by atoms with E-state index in [1.807, 2.05) is 0 Å². The molecular weight excluding hydrogens is 352 g/mol. The molecule has 0 radical (unpaired) electrons. The minimum absolute atomic E-state index is 0.0262. The molecule has 0 spiro atoms. The van der Waals surface area contributed by atoms with Crippen LogP contribution in [0.2, 0.25) is 10.0 Å². The van der Waals surface area contributed by atoms with E-state index in [0.717, 1.165) is 5.71 Å². The van der Waals surface area contributed by atoms with E-state index in [-0.39, 0.29) is 29.8 Å². The molecule has 0 saturated heterocycles. The molecule has 0 fully saturated rings. The zero-order valence-corrected chi connectivity index (χ0v) is 14.2. The number of ether oxygens (including phenoxy) is 2. The van der Waals surface area contributed by atoms with Crippen molar-refractivity contribution in [2.24, 2.45) is 5.16 Å². The van der Waals surface area contributed by atoms with Gasteiger partial charge in [0, 0.05) is 0 Å². The Morgan fingerprint density at radius 1 is 1.35 bits per heavy atom. The highest BCUT2D eigenvalue weighted by Gasteiger charge is 2.22. The number of hydrogen-bond acceptors (Lipinski definition) is 7. The SMILES string of the molecule is CC(C)=NOCCOC(=O)[C@@H](C)Oc1nc(F)c(Cl)c(N)c1Cl. The van der Waals surface area contributed by atoms with E-state index in [1.165, 1.54) is 6.92 Å². The molecule has 7 nitrogen and oxygen atoms in total. The van der Waals surface area contributed by atoms with Gasteiger partial charge in [-0.3, -0.25) is 0 Å². The lowest BCUT2D eigenvalue weighted by molar-refractivity contribution is -0.152. The first-order chi connectivity index (χ1) is 10.7. The molecular formula is C13H16Cl2FN3O4. The van der Waals surface area contributed by atoms with Gasteiger partial charge >= 0.3 is 5.97 Å². The van der Waals surface area contributed by atoms with E-state index < -0.39 is 23.0 Å². The molecule has 0 bridgehead atoms. The Bertz CT molecular complexity index is 609. The van der Waals surface area contributed by atoms with Crippen LogP contribution < -0.4 is 10.5 Å². The number of hydrogen-bond donors (Lipinski definition) is 1. The van der Waals surface area contributed by atoms with E-state index >= 15 is 0 Å². The third-order valence-corrected chi connectivity index (χ3v) is 3.05. The summed E-state index contributed by atoms with van der Waals surface area (Å²) in [6.45, 7) is 4.97. The van der Waals surface area contributed by atoms with Crippen molar-refractivity contribution in [3.05, 3.63) is 16.0 Å². The average Bonchev–Trinajstić information content (AvgIpc) is 2.49. The lowest BCUT2D eigenvalue weighted by Crippen LogP contribution is -2.27. The Kier molecular flexibility index (Phi) is 7.31. The summed E-state index contributed by atoms with van der Waals surface area (Å²) in [7, 11) is 0. The van der Waals surface area contributed by atoms with Gasteiger partial charge in [0.05, 0.1) is 11.4 Å². The van der Waals surface area contributed by atoms with Crippen molar-refractivity contribution in [2.75, 3.05) is 18.9 Å². The first-order valence-electron chi connectivity index (χ1n) is 6.50. The molecule has 0 unspecified atom stereocenters. The van der Waals surface area contributed by atoms with Gasteiger partial charge in [-0.25, -0.2) is 4.79 Å². The number of carbonyl (C=O) groups excluding carboxylic acids is 1. The Balaban J connectivity index is 2.57. The maximum absolute atomic E-state index is 13.4. The van der Waals surface area contributed by atoms with Gasteiger partial charge < -0.3 is 20.0 Å². The average molecular weight is 368 g/mol. The molecule has 23 heavy (non-hydrogen) atoms. The third kappa shape index (κ3) is 5.72. The molecule has 1 rings (SSSR count). The lowest BCUT2D eigenvalue weighted by atomic mass is 10.4. The highest BCUT2D eigenvalue weighted by atomic mass is 35.5. The summed E-state index contributed by atoms with van der Waals surface area (Å²) in [5, 5.41) is 3.07. The lowest BCUT2D eigenvalue weighted by Gasteiger charge is -2.15. The highest BCUT2D eigenvalue weighted by Crippen LogP contribution is 2.35. The molecule has 1 heterocycles. The number of rotatable bonds is 7. The van der Waals surface area contributed by atoms with Crippen molar-refractivity contribution < 1.29 is 23.5 Å². The zero-order valence-electron chi connectivity index (χ0n) is 12.7. The fraction of sp³-hybridized carbons (Fsp3) is 0.462. The Morgan fingerprint density at radius 3 is 2.61 bits per heavy atom. The predicted octanol–water partition coefficient (Wildman–Crippen LogP) is 2.83. The van der Waals surface area contributed by atoms with Gasteiger partial charge in [0.1, 0.15) is 16.7 Å². The highest BCUT2D eigenvalue weighted by molar-refractivity contribution is 6.39. The smallest absolute Gasteiger partial charge is 0.347 e. The number of pyridine rings is 1. The second kappa shape index (κ2) is 8.73. The molecule has 0 amide bonds. The third-order valence-electron chi connectivity index (χ3n) is 2.33. The van der Waals surface area contributed by atoms with E-state index in [2.05, 4.69) is 10.1 Å². The van der Waals surface area contributed by atoms with Crippen LogP contribution in [0.3, 0.4) is 0 Å². The maximum Gasteiger partial charge on any atom is 0.347 e.